The van der Waals surface area contributed by atoms with Gasteiger partial charge in [0.05, 0.1) is 0 Å². The predicted octanol–water partition coefficient (Wildman–Crippen LogP) is 3.55. The van der Waals surface area contributed by atoms with E-state index in [1.54, 1.807) is 5.57 Å². The second-order valence-electron chi connectivity index (χ2n) is 4.30. The third kappa shape index (κ3) is 1.14. The van der Waals surface area contributed by atoms with Crippen LogP contribution < -0.4 is 0 Å². The minimum absolute atomic E-state index is 0.929. The fourth-order valence-electron chi connectivity index (χ4n) is 3.15. The third-order valence-corrected chi connectivity index (χ3v) is 3.63. The number of hydrogen-bond donors (Lipinski definition) is 0. The van der Waals surface area contributed by atoms with Gasteiger partial charge < -0.3 is 0 Å². The van der Waals surface area contributed by atoms with Crippen molar-refractivity contribution < 1.29 is 0 Å². The van der Waals surface area contributed by atoms with E-state index in [-0.39, 0.29) is 0 Å². The maximum atomic E-state index is 3.84. The maximum Gasteiger partial charge on any atom is -0.0169 e. The van der Waals surface area contributed by atoms with Gasteiger partial charge in [0.2, 0.25) is 0 Å². The summed E-state index contributed by atoms with van der Waals surface area (Å²) in [5.41, 5.74) is 1.73. The van der Waals surface area contributed by atoms with Crippen molar-refractivity contribution in [2.75, 3.05) is 0 Å². The molecule has 3 unspecified atom stereocenters. The Morgan fingerprint density at radius 1 is 1.50 bits per heavy atom. The standard InChI is InChI=1S/C12H18/c1-3-5-11-7-9-6-10(4-2)12(11)8-9/h3-4,9,11-12H,1,5-8H2,2H3/b10-4-. The van der Waals surface area contributed by atoms with Crippen molar-refractivity contribution in [2.45, 2.75) is 32.6 Å². The van der Waals surface area contributed by atoms with Crippen LogP contribution in [0.3, 0.4) is 0 Å². The van der Waals surface area contributed by atoms with Gasteiger partial charge in [-0.1, -0.05) is 17.7 Å². The molecule has 2 fully saturated rings. The first-order valence-corrected chi connectivity index (χ1v) is 5.11. The van der Waals surface area contributed by atoms with E-state index in [4.69, 9.17) is 0 Å². The van der Waals surface area contributed by atoms with Crippen LogP contribution in [0.5, 0.6) is 0 Å². The van der Waals surface area contributed by atoms with E-state index in [2.05, 4.69) is 25.7 Å². The lowest BCUT2D eigenvalue weighted by Gasteiger charge is -2.22. The molecule has 0 heterocycles. The van der Waals surface area contributed by atoms with E-state index in [0.29, 0.717) is 0 Å². The van der Waals surface area contributed by atoms with Crippen LogP contribution in [-0.4, -0.2) is 0 Å². The highest BCUT2D eigenvalue weighted by atomic mass is 14.5. The minimum Gasteiger partial charge on any atom is -0.103 e. The van der Waals surface area contributed by atoms with Crippen molar-refractivity contribution in [2.24, 2.45) is 17.8 Å². The normalized spacial score (nSPS) is 42.4. The summed E-state index contributed by atoms with van der Waals surface area (Å²) in [6, 6.07) is 0. The molecule has 0 aromatic heterocycles. The summed E-state index contributed by atoms with van der Waals surface area (Å²) >= 11 is 0. The van der Waals surface area contributed by atoms with E-state index in [9.17, 15) is 0 Å². The zero-order chi connectivity index (χ0) is 8.55. The molecule has 2 aliphatic carbocycles. The molecule has 66 valence electrons. The molecule has 0 spiro atoms. The highest BCUT2D eigenvalue weighted by molar-refractivity contribution is 5.18. The second-order valence-corrected chi connectivity index (χ2v) is 4.30. The zero-order valence-electron chi connectivity index (χ0n) is 7.92. The molecule has 12 heavy (non-hydrogen) atoms. The summed E-state index contributed by atoms with van der Waals surface area (Å²) in [7, 11) is 0. The van der Waals surface area contributed by atoms with Crippen LogP contribution in [0.2, 0.25) is 0 Å². The third-order valence-electron chi connectivity index (χ3n) is 3.63. The Morgan fingerprint density at radius 3 is 2.92 bits per heavy atom. The smallest absolute Gasteiger partial charge is 0.0169 e. The van der Waals surface area contributed by atoms with Crippen LogP contribution >= 0.6 is 0 Å². The molecule has 2 saturated carbocycles. The monoisotopic (exact) mass is 162 g/mol. The largest absolute Gasteiger partial charge is 0.103 e. The van der Waals surface area contributed by atoms with Crippen molar-refractivity contribution >= 4 is 0 Å². The topological polar surface area (TPSA) is 0 Å². The van der Waals surface area contributed by atoms with Gasteiger partial charge >= 0.3 is 0 Å². The Kier molecular flexibility index (Phi) is 2.08. The Labute approximate surface area is 75.4 Å². The van der Waals surface area contributed by atoms with Crippen molar-refractivity contribution in [3.05, 3.63) is 24.3 Å². The van der Waals surface area contributed by atoms with Crippen LogP contribution in [0.4, 0.5) is 0 Å². The summed E-state index contributed by atoms with van der Waals surface area (Å²) in [5, 5.41) is 0. The van der Waals surface area contributed by atoms with Gasteiger partial charge in [-0.2, -0.15) is 0 Å². The summed E-state index contributed by atoms with van der Waals surface area (Å²) in [4.78, 5) is 0. The lowest BCUT2D eigenvalue weighted by atomic mass is 9.83. The summed E-state index contributed by atoms with van der Waals surface area (Å²) in [6.07, 6.45) is 10.0. The van der Waals surface area contributed by atoms with Gasteiger partial charge in [-0.15, -0.1) is 6.58 Å². The van der Waals surface area contributed by atoms with Gasteiger partial charge in [0, 0.05) is 0 Å². The van der Waals surface area contributed by atoms with Gasteiger partial charge in [-0.3, -0.25) is 0 Å². The van der Waals surface area contributed by atoms with E-state index in [0.717, 1.165) is 17.8 Å². The van der Waals surface area contributed by atoms with Crippen LogP contribution in [-0.2, 0) is 0 Å². The van der Waals surface area contributed by atoms with Crippen molar-refractivity contribution in [1.82, 2.24) is 0 Å². The highest BCUT2D eigenvalue weighted by Gasteiger charge is 2.41. The summed E-state index contributed by atoms with van der Waals surface area (Å²) in [6.45, 7) is 6.03. The number of fused-ring (bicyclic) bond motifs is 2. The predicted molar refractivity (Wildman–Crippen MR) is 52.9 cm³/mol. The molecule has 0 aliphatic heterocycles. The van der Waals surface area contributed by atoms with E-state index in [1.165, 1.54) is 25.7 Å². The van der Waals surface area contributed by atoms with Crippen LogP contribution in [0.25, 0.3) is 0 Å². The number of hydrogen-bond acceptors (Lipinski definition) is 0. The van der Waals surface area contributed by atoms with E-state index >= 15 is 0 Å². The fraction of sp³-hybridized carbons (Fsp3) is 0.667. The first kappa shape index (κ1) is 8.10. The summed E-state index contributed by atoms with van der Waals surface area (Å²) < 4.78 is 0. The quantitative estimate of drug-likeness (QED) is 0.545. The van der Waals surface area contributed by atoms with Gasteiger partial charge in [-0.05, 0) is 50.4 Å². The SMILES string of the molecule is C=CCC1CC2C/C(=C/C)C1C2. The molecule has 0 aromatic carbocycles. The molecule has 3 atom stereocenters. The highest BCUT2D eigenvalue weighted by Crippen LogP contribution is 2.52. The molecule has 0 nitrogen and oxygen atoms in total. The summed E-state index contributed by atoms with van der Waals surface area (Å²) in [5.74, 6) is 2.89. The van der Waals surface area contributed by atoms with Gasteiger partial charge in [0.25, 0.3) is 0 Å². The molecule has 0 amide bonds. The Morgan fingerprint density at radius 2 is 2.33 bits per heavy atom. The lowest BCUT2D eigenvalue weighted by Crippen LogP contribution is -2.11. The average molecular weight is 162 g/mol. The minimum atomic E-state index is 0.929. The number of allylic oxidation sites excluding steroid dienone is 3. The van der Waals surface area contributed by atoms with Crippen molar-refractivity contribution in [1.29, 1.82) is 0 Å². The Balaban J connectivity index is 2.09. The average Bonchev–Trinajstić information content (AvgIpc) is 2.62. The Hall–Kier alpha value is -0.520. The molecule has 0 N–H and O–H groups in total. The molecular weight excluding hydrogens is 144 g/mol. The fourth-order valence-corrected chi connectivity index (χ4v) is 3.15. The molecule has 2 aliphatic rings. The number of rotatable bonds is 2. The van der Waals surface area contributed by atoms with E-state index in [1.807, 2.05) is 0 Å². The first-order chi connectivity index (χ1) is 5.85. The molecule has 2 bridgehead atoms. The van der Waals surface area contributed by atoms with E-state index < -0.39 is 0 Å². The van der Waals surface area contributed by atoms with Crippen LogP contribution in [0.1, 0.15) is 32.6 Å². The van der Waals surface area contributed by atoms with Gasteiger partial charge in [0.15, 0.2) is 0 Å². The molecule has 0 saturated heterocycles. The molecule has 0 aromatic rings. The second kappa shape index (κ2) is 3.08. The van der Waals surface area contributed by atoms with Crippen molar-refractivity contribution in [3.63, 3.8) is 0 Å². The van der Waals surface area contributed by atoms with Crippen LogP contribution in [0, 0.1) is 17.8 Å². The lowest BCUT2D eigenvalue weighted by molar-refractivity contribution is 0.401. The van der Waals surface area contributed by atoms with Crippen molar-refractivity contribution in [3.8, 4) is 0 Å². The molecule has 0 radical (unpaired) electrons. The maximum absolute atomic E-state index is 3.84. The Bertz CT molecular complexity index is 212. The molecule has 0 heteroatoms. The molecule has 2 rings (SSSR count). The first-order valence-electron chi connectivity index (χ1n) is 5.11. The molecular formula is C12H18. The van der Waals surface area contributed by atoms with Gasteiger partial charge in [-0.25, -0.2) is 0 Å². The zero-order valence-corrected chi connectivity index (χ0v) is 7.92. The van der Waals surface area contributed by atoms with Gasteiger partial charge in [0.1, 0.15) is 0 Å². The van der Waals surface area contributed by atoms with Crippen LogP contribution in [0.15, 0.2) is 24.3 Å².